The molecule has 1 heterocycles. The highest BCUT2D eigenvalue weighted by Crippen LogP contribution is 2.43. The van der Waals surface area contributed by atoms with E-state index >= 15 is 0 Å². The molecular weight excluding hydrogens is 286 g/mol. The van der Waals surface area contributed by atoms with E-state index in [9.17, 15) is 4.79 Å². The van der Waals surface area contributed by atoms with Gasteiger partial charge in [0.05, 0.1) is 5.56 Å². The molecule has 2 aliphatic rings. The molecule has 4 heteroatoms. The van der Waals surface area contributed by atoms with Crippen molar-refractivity contribution < 1.29 is 4.79 Å². The van der Waals surface area contributed by atoms with Gasteiger partial charge in [0.15, 0.2) is 5.82 Å². The summed E-state index contributed by atoms with van der Waals surface area (Å²) in [5, 5.41) is 3.21. The van der Waals surface area contributed by atoms with Crippen molar-refractivity contribution in [1.29, 1.82) is 0 Å². The summed E-state index contributed by atoms with van der Waals surface area (Å²) in [5.41, 5.74) is 1.51. The molecular formula is C19H21N3O. The molecule has 1 aromatic carbocycles. The summed E-state index contributed by atoms with van der Waals surface area (Å²) in [6.07, 6.45) is 9.56. The Bertz CT molecular complexity index is 684. The molecule has 4 rings (SSSR count). The number of carbonyl (C=O) groups excluding carboxylic acids is 1. The van der Waals surface area contributed by atoms with E-state index in [0.29, 0.717) is 23.3 Å². The van der Waals surface area contributed by atoms with Crippen molar-refractivity contribution in [2.45, 2.75) is 38.1 Å². The monoisotopic (exact) mass is 307 g/mol. The minimum atomic E-state index is -0.0397. The Hall–Kier alpha value is -2.23. The van der Waals surface area contributed by atoms with Gasteiger partial charge in [0.2, 0.25) is 0 Å². The van der Waals surface area contributed by atoms with Crippen LogP contribution in [0.1, 0.15) is 42.5 Å². The molecule has 0 aliphatic heterocycles. The van der Waals surface area contributed by atoms with Crippen LogP contribution < -0.4 is 5.32 Å². The fraction of sp³-hybridized carbons (Fsp3) is 0.421. The zero-order chi connectivity index (χ0) is 15.6. The second-order valence-corrected chi connectivity index (χ2v) is 6.67. The van der Waals surface area contributed by atoms with Gasteiger partial charge in [0, 0.05) is 24.0 Å². The number of benzene rings is 1. The molecule has 0 radical (unpaired) electrons. The van der Waals surface area contributed by atoms with Gasteiger partial charge in [-0.3, -0.25) is 4.79 Å². The number of rotatable bonds is 3. The van der Waals surface area contributed by atoms with E-state index in [0.717, 1.165) is 17.9 Å². The van der Waals surface area contributed by atoms with Crippen molar-refractivity contribution in [1.82, 2.24) is 15.3 Å². The fourth-order valence-electron chi connectivity index (χ4n) is 4.17. The molecule has 4 nitrogen and oxygen atoms in total. The second kappa shape index (κ2) is 6.11. The predicted molar refractivity (Wildman–Crippen MR) is 88.8 cm³/mol. The molecule has 23 heavy (non-hydrogen) atoms. The first-order valence-corrected chi connectivity index (χ1v) is 8.49. The van der Waals surface area contributed by atoms with Crippen LogP contribution in [0.2, 0.25) is 0 Å². The van der Waals surface area contributed by atoms with Crippen LogP contribution in [0.15, 0.2) is 42.7 Å². The van der Waals surface area contributed by atoms with Gasteiger partial charge in [0.25, 0.3) is 5.91 Å². The first-order valence-electron chi connectivity index (χ1n) is 8.49. The molecule has 2 saturated carbocycles. The largest absolute Gasteiger partial charge is 0.349 e. The number of hydrogen-bond donors (Lipinski definition) is 1. The smallest absolute Gasteiger partial charge is 0.254 e. The van der Waals surface area contributed by atoms with E-state index in [4.69, 9.17) is 0 Å². The van der Waals surface area contributed by atoms with Crippen molar-refractivity contribution in [2.75, 3.05) is 0 Å². The van der Waals surface area contributed by atoms with Crippen LogP contribution in [-0.4, -0.2) is 21.9 Å². The highest BCUT2D eigenvalue weighted by atomic mass is 16.1. The maximum atomic E-state index is 12.4. The average molecular weight is 307 g/mol. The summed E-state index contributed by atoms with van der Waals surface area (Å²) in [6, 6.07) is 10.1. The van der Waals surface area contributed by atoms with Gasteiger partial charge in [0.1, 0.15) is 0 Å². The molecule has 3 atom stereocenters. The number of hydrogen-bond acceptors (Lipinski definition) is 3. The maximum Gasteiger partial charge on any atom is 0.254 e. The molecule has 118 valence electrons. The van der Waals surface area contributed by atoms with Crippen LogP contribution in [-0.2, 0) is 0 Å². The third kappa shape index (κ3) is 2.85. The summed E-state index contributed by atoms with van der Waals surface area (Å²) in [4.78, 5) is 21.1. The van der Waals surface area contributed by atoms with Crippen molar-refractivity contribution in [3.63, 3.8) is 0 Å². The Morgan fingerprint density at radius 3 is 2.57 bits per heavy atom. The van der Waals surface area contributed by atoms with E-state index in [-0.39, 0.29) is 5.91 Å². The van der Waals surface area contributed by atoms with Crippen LogP contribution in [0.3, 0.4) is 0 Å². The zero-order valence-electron chi connectivity index (χ0n) is 13.1. The van der Waals surface area contributed by atoms with E-state index in [1.807, 2.05) is 30.3 Å². The third-order valence-electron chi connectivity index (χ3n) is 5.35. The lowest BCUT2D eigenvalue weighted by Crippen LogP contribution is -2.37. The number of fused-ring (bicyclic) bond motifs is 1. The van der Waals surface area contributed by atoms with Crippen molar-refractivity contribution in [2.24, 2.45) is 11.8 Å². The van der Waals surface area contributed by atoms with Gasteiger partial charge in [-0.1, -0.05) is 43.2 Å². The molecule has 1 amide bonds. The standard InChI is InChI=1S/C19H21N3O/c23-19(22-17-10-9-13-7-4-8-16(13)17)15-11-20-18(21-12-15)14-5-2-1-3-6-14/h1-3,5-6,11-13,16-17H,4,7-10H2,(H,22,23)/t13-,16-,17-/m1/s1. The van der Waals surface area contributed by atoms with Crippen LogP contribution in [0.25, 0.3) is 11.4 Å². The molecule has 1 aromatic heterocycles. The quantitative estimate of drug-likeness (QED) is 0.945. The molecule has 0 unspecified atom stereocenters. The van der Waals surface area contributed by atoms with E-state index in [2.05, 4.69) is 15.3 Å². The number of amides is 1. The molecule has 1 N–H and O–H groups in total. The van der Waals surface area contributed by atoms with E-state index < -0.39 is 0 Å². The fourth-order valence-corrected chi connectivity index (χ4v) is 4.17. The van der Waals surface area contributed by atoms with Crippen molar-refractivity contribution in [3.05, 3.63) is 48.3 Å². The van der Waals surface area contributed by atoms with Crippen LogP contribution in [0.5, 0.6) is 0 Å². The number of nitrogens with zero attached hydrogens (tertiary/aromatic N) is 2. The SMILES string of the molecule is O=C(N[C@@H]1CC[C@H]2CCC[C@H]21)c1cnc(-c2ccccc2)nc1. The second-order valence-electron chi connectivity index (χ2n) is 6.67. The van der Waals surface area contributed by atoms with Gasteiger partial charge in [-0.25, -0.2) is 9.97 Å². The third-order valence-corrected chi connectivity index (χ3v) is 5.35. The van der Waals surface area contributed by atoms with Crippen LogP contribution >= 0.6 is 0 Å². The highest BCUT2D eigenvalue weighted by molar-refractivity contribution is 5.94. The minimum absolute atomic E-state index is 0.0397. The summed E-state index contributed by atoms with van der Waals surface area (Å²) < 4.78 is 0. The lowest BCUT2D eigenvalue weighted by Gasteiger charge is -2.19. The zero-order valence-corrected chi connectivity index (χ0v) is 13.1. The van der Waals surface area contributed by atoms with Gasteiger partial charge in [-0.05, 0) is 31.1 Å². The number of carbonyl (C=O) groups is 1. The Morgan fingerprint density at radius 2 is 1.78 bits per heavy atom. The van der Waals surface area contributed by atoms with Gasteiger partial charge in [-0.2, -0.15) is 0 Å². The van der Waals surface area contributed by atoms with Crippen LogP contribution in [0, 0.1) is 11.8 Å². The average Bonchev–Trinajstić information content (AvgIpc) is 3.21. The van der Waals surface area contributed by atoms with Gasteiger partial charge < -0.3 is 5.32 Å². The van der Waals surface area contributed by atoms with Crippen LogP contribution in [0.4, 0.5) is 0 Å². The summed E-state index contributed by atoms with van der Waals surface area (Å²) in [5.74, 6) is 2.13. The molecule has 2 fully saturated rings. The normalized spacial score (nSPS) is 26.0. The highest BCUT2D eigenvalue weighted by Gasteiger charge is 2.39. The number of aromatic nitrogens is 2. The Balaban J connectivity index is 1.45. The molecule has 2 aliphatic carbocycles. The molecule has 2 aromatic rings. The van der Waals surface area contributed by atoms with Crippen molar-refractivity contribution >= 4 is 5.91 Å². The lowest BCUT2D eigenvalue weighted by atomic mass is 9.97. The molecule has 0 saturated heterocycles. The Kier molecular flexibility index (Phi) is 3.82. The Labute approximate surface area is 136 Å². The molecule has 0 bridgehead atoms. The summed E-state index contributed by atoms with van der Waals surface area (Å²) >= 11 is 0. The topological polar surface area (TPSA) is 54.9 Å². The van der Waals surface area contributed by atoms with Crippen molar-refractivity contribution in [3.8, 4) is 11.4 Å². The minimum Gasteiger partial charge on any atom is -0.349 e. The molecule has 0 spiro atoms. The first-order chi connectivity index (χ1) is 11.3. The van der Waals surface area contributed by atoms with E-state index in [1.165, 1.54) is 25.7 Å². The lowest BCUT2D eigenvalue weighted by molar-refractivity contribution is 0.0925. The maximum absolute atomic E-state index is 12.4. The number of nitrogens with one attached hydrogen (secondary N) is 1. The van der Waals surface area contributed by atoms with Gasteiger partial charge >= 0.3 is 0 Å². The summed E-state index contributed by atoms with van der Waals surface area (Å²) in [6.45, 7) is 0. The first kappa shape index (κ1) is 14.4. The van der Waals surface area contributed by atoms with Gasteiger partial charge in [-0.15, -0.1) is 0 Å². The summed E-state index contributed by atoms with van der Waals surface area (Å²) in [7, 11) is 0. The predicted octanol–water partition coefficient (Wildman–Crippen LogP) is 3.45. The Morgan fingerprint density at radius 1 is 1.00 bits per heavy atom. The van der Waals surface area contributed by atoms with E-state index in [1.54, 1.807) is 12.4 Å².